The lowest BCUT2D eigenvalue weighted by Crippen LogP contribution is -2.41. The molecule has 9 heteroatoms. The monoisotopic (exact) mass is 358 g/mol. The molecule has 0 saturated heterocycles. The molecule has 1 aliphatic rings. The molecule has 0 aliphatic carbocycles. The van der Waals surface area contributed by atoms with Gasteiger partial charge in [0.1, 0.15) is 5.75 Å². The van der Waals surface area contributed by atoms with Gasteiger partial charge < -0.3 is 9.47 Å². The third kappa shape index (κ3) is 3.01. The fraction of sp³-hybridized carbons (Fsp3) is 0.308. The normalized spacial score (nSPS) is 17.4. The van der Waals surface area contributed by atoms with Gasteiger partial charge in [-0.3, -0.25) is 0 Å². The lowest BCUT2D eigenvalue weighted by atomic mass is 10.0. The van der Waals surface area contributed by atoms with Gasteiger partial charge >= 0.3 is 12.1 Å². The highest BCUT2D eigenvalue weighted by molar-refractivity contribution is 6.36. The number of fused-ring (bicyclic) bond motifs is 1. The van der Waals surface area contributed by atoms with Crippen molar-refractivity contribution in [1.82, 2.24) is 0 Å². The summed E-state index contributed by atoms with van der Waals surface area (Å²) in [5.74, 6) is -2.83. The first kappa shape index (κ1) is 16.9. The Morgan fingerprint density at radius 1 is 1.36 bits per heavy atom. The molecule has 0 N–H and O–H groups in total. The van der Waals surface area contributed by atoms with Gasteiger partial charge in [-0.15, -0.1) is 0 Å². The Labute approximate surface area is 132 Å². The molecule has 1 heterocycles. The minimum Gasteiger partial charge on any atom is -0.474 e. The fourth-order valence-corrected chi connectivity index (χ4v) is 2.40. The molecule has 120 valence electrons. The van der Waals surface area contributed by atoms with Crippen LogP contribution in [0.1, 0.15) is 12.5 Å². The molecule has 0 saturated carbocycles. The summed E-state index contributed by atoms with van der Waals surface area (Å²) in [4.78, 5) is 11.7. The second-order valence-corrected chi connectivity index (χ2v) is 5.07. The Kier molecular flexibility index (Phi) is 4.58. The lowest BCUT2D eigenvalue weighted by molar-refractivity contribution is -0.187. The third-order valence-corrected chi connectivity index (χ3v) is 3.34. The molecule has 0 spiro atoms. The number of benzene rings is 1. The van der Waals surface area contributed by atoms with Gasteiger partial charge in [-0.05, 0) is 19.1 Å². The molecule has 0 aromatic heterocycles. The Hall–Kier alpha value is -1.47. The van der Waals surface area contributed by atoms with Crippen LogP contribution in [0.4, 0.5) is 17.6 Å². The van der Waals surface area contributed by atoms with Crippen molar-refractivity contribution in [3.63, 3.8) is 0 Å². The number of rotatable bonds is 2. The Balaban J connectivity index is 2.64. The van der Waals surface area contributed by atoms with Crippen LogP contribution in [-0.4, -0.2) is 24.9 Å². The number of halogens is 6. The van der Waals surface area contributed by atoms with E-state index in [0.717, 1.165) is 6.07 Å². The van der Waals surface area contributed by atoms with Crippen molar-refractivity contribution in [2.75, 3.05) is 6.61 Å². The molecule has 2 rings (SSSR count). The maximum absolute atomic E-state index is 14.0. The van der Waals surface area contributed by atoms with Gasteiger partial charge in [0, 0.05) is 0 Å². The molecule has 3 nitrogen and oxygen atoms in total. The van der Waals surface area contributed by atoms with E-state index in [9.17, 15) is 22.4 Å². The van der Waals surface area contributed by atoms with Crippen LogP contribution in [0.25, 0.3) is 6.08 Å². The second-order valence-electron chi connectivity index (χ2n) is 4.26. The van der Waals surface area contributed by atoms with Gasteiger partial charge in [0.05, 0.1) is 27.8 Å². The number of hydrogen-bond acceptors (Lipinski definition) is 3. The highest BCUT2D eigenvalue weighted by Gasteiger charge is 2.49. The van der Waals surface area contributed by atoms with Crippen molar-refractivity contribution >= 4 is 35.2 Å². The maximum Gasteiger partial charge on any atom is 0.430 e. The molecule has 1 aromatic carbocycles. The van der Waals surface area contributed by atoms with Gasteiger partial charge in [-0.2, -0.15) is 13.2 Å². The van der Waals surface area contributed by atoms with Crippen LogP contribution in [0.5, 0.6) is 5.75 Å². The van der Waals surface area contributed by atoms with E-state index in [2.05, 4.69) is 4.74 Å². The second kappa shape index (κ2) is 5.96. The molecular weight excluding hydrogens is 351 g/mol. The van der Waals surface area contributed by atoms with Crippen molar-refractivity contribution in [2.45, 2.75) is 19.2 Å². The van der Waals surface area contributed by atoms with E-state index in [1.807, 2.05) is 0 Å². The topological polar surface area (TPSA) is 35.5 Å². The van der Waals surface area contributed by atoms with Crippen LogP contribution in [0.2, 0.25) is 10.0 Å². The minimum atomic E-state index is -4.91. The van der Waals surface area contributed by atoms with E-state index < -0.39 is 46.0 Å². The molecule has 0 bridgehead atoms. The van der Waals surface area contributed by atoms with E-state index in [4.69, 9.17) is 27.9 Å². The maximum atomic E-state index is 14.0. The van der Waals surface area contributed by atoms with E-state index in [-0.39, 0.29) is 11.6 Å². The number of ether oxygens (including phenoxy) is 2. The molecule has 1 aromatic rings. The average molecular weight is 359 g/mol. The summed E-state index contributed by atoms with van der Waals surface area (Å²) in [7, 11) is 0. The van der Waals surface area contributed by atoms with Crippen LogP contribution in [-0.2, 0) is 9.53 Å². The molecule has 0 radical (unpaired) electrons. The fourth-order valence-electron chi connectivity index (χ4n) is 1.88. The Bertz CT molecular complexity index is 656. The van der Waals surface area contributed by atoms with Crippen molar-refractivity contribution < 1.29 is 31.8 Å². The van der Waals surface area contributed by atoms with Crippen molar-refractivity contribution in [3.05, 3.63) is 33.1 Å². The predicted molar refractivity (Wildman–Crippen MR) is 71.5 cm³/mol. The molecular formula is C13H8Cl2F4O3. The summed E-state index contributed by atoms with van der Waals surface area (Å²) in [5.41, 5.74) is -1.31. The smallest absolute Gasteiger partial charge is 0.430 e. The van der Waals surface area contributed by atoms with Gasteiger partial charge in [0.2, 0.25) is 6.10 Å². The highest BCUT2D eigenvalue weighted by Crippen LogP contribution is 2.44. The molecule has 1 aliphatic heterocycles. The minimum absolute atomic E-state index is 0.146. The average Bonchev–Trinajstić information content (AvgIpc) is 2.43. The van der Waals surface area contributed by atoms with Crippen LogP contribution in [0.15, 0.2) is 11.6 Å². The molecule has 22 heavy (non-hydrogen) atoms. The van der Waals surface area contributed by atoms with E-state index in [1.165, 1.54) is 6.92 Å². The van der Waals surface area contributed by atoms with Crippen molar-refractivity contribution in [1.29, 1.82) is 0 Å². The Morgan fingerprint density at radius 3 is 2.55 bits per heavy atom. The van der Waals surface area contributed by atoms with Gasteiger partial charge in [0.15, 0.2) is 5.82 Å². The Morgan fingerprint density at radius 2 is 2.00 bits per heavy atom. The van der Waals surface area contributed by atoms with Crippen LogP contribution >= 0.6 is 23.2 Å². The number of carbonyl (C=O) groups excluding carboxylic acids is 1. The summed E-state index contributed by atoms with van der Waals surface area (Å²) in [5, 5.41) is -0.702. The van der Waals surface area contributed by atoms with Crippen LogP contribution in [0, 0.1) is 5.82 Å². The quantitative estimate of drug-likeness (QED) is 0.446. The molecule has 0 amide bonds. The van der Waals surface area contributed by atoms with E-state index >= 15 is 0 Å². The zero-order chi connectivity index (χ0) is 16.7. The summed E-state index contributed by atoms with van der Waals surface area (Å²) in [6.45, 7) is 1.28. The zero-order valence-electron chi connectivity index (χ0n) is 10.9. The number of carbonyl (C=O) groups is 1. The first-order chi connectivity index (χ1) is 10.2. The highest BCUT2D eigenvalue weighted by atomic mass is 35.5. The molecule has 0 fully saturated rings. The van der Waals surface area contributed by atoms with Gasteiger partial charge in [0.25, 0.3) is 0 Å². The number of alkyl halides is 3. The first-order valence-corrected chi connectivity index (χ1v) is 6.72. The largest absolute Gasteiger partial charge is 0.474 e. The van der Waals surface area contributed by atoms with E-state index in [0.29, 0.717) is 6.08 Å². The molecule has 1 unspecified atom stereocenters. The summed E-state index contributed by atoms with van der Waals surface area (Å²) < 4.78 is 62.4. The van der Waals surface area contributed by atoms with Gasteiger partial charge in [-0.1, -0.05) is 23.2 Å². The van der Waals surface area contributed by atoms with Crippen LogP contribution < -0.4 is 4.74 Å². The molecule has 1 atom stereocenters. The number of hydrogen-bond donors (Lipinski definition) is 0. The van der Waals surface area contributed by atoms with Crippen molar-refractivity contribution in [3.8, 4) is 5.75 Å². The number of esters is 1. The zero-order valence-corrected chi connectivity index (χ0v) is 12.4. The first-order valence-electron chi connectivity index (χ1n) is 5.96. The predicted octanol–water partition coefficient (Wildman–Crippen LogP) is 4.40. The van der Waals surface area contributed by atoms with Crippen molar-refractivity contribution in [2.24, 2.45) is 0 Å². The summed E-state index contributed by atoms with van der Waals surface area (Å²) in [6, 6.07) is 0.925. The summed E-state index contributed by atoms with van der Waals surface area (Å²) >= 11 is 11.3. The summed E-state index contributed by atoms with van der Waals surface area (Å²) in [6.07, 6.45) is -6.81. The third-order valence-electron chi connectivity index (χ3n) is 2.79. The lowest BCUT2D eigenvalue weighted by Gasteiger charge is -2.28. The van der Waals surface area contributed by atoms with Crippen LogP contribution in [0.3, 0.4) is 0 Å². The van der Waals surface area contributed by atoms with Gasteiger partial charge in [-0.25, -0.2) is 9.18 Å². The van der Waals surface area contributed by atoms with E-state index in [1.54, 1.807) is 0 Å². The standard InChI is InChI=1S/C13H8Cl2F4O3/c1-2-21-12(20)6-3-5-9(16)7(14)4-8(15)10(5)22-11(6)13(17,18)19/h3-4,11H,2H2,1H3. The SMILES string of the molecule is CCOC(=O)C1=Cc2c(F)c(Cl)cc(Cl)c2OC1C(F)(F)F.